The van der Waals surface area contributed by atoms with Gasteiger partial charge in [0.15, 0.2) is 0 Å². The first-order chi connectivity index (χ1) is 9.69. The van der Waals surface area contributed by atoms with Crippen molar-refractivity contribution in [3.63, 3.8) is 0 Å². The zero-order valence-electron chi connectivity index (χ0n) is 13.0. The van der Waals surface area contributed by atoms with Gasteiger partial charge in [-0.25, -0.2) is 0 Å². The zero-order valence-corrected chi connectivity index (χ0v) is 13.0. The third-order valence-electron chi connectivity index (χ3n) is 3.76. The number of hydrogen-bond acceptors (Lipinski definition) is 2. The lowest BCUT2D eigenvalue weighted by Gasteiger charge is -2.15. The number of nitrogens with one attached hydrogen (secondary N) is 1. The first-order valence-corrected chi connectivity index (χ1v) is 7.51. The average molecular weight is 271 g/mol. The molecule has 1 aromatic heterocycles. The molecule has 1 N–H and O–H groups in total. The first kappa shape index (κ1) is 14.8. The monoisotopic (exact) mass is 271 g/mol. The van der Waals surface area contributed by atoms with Gasteiger partial charge in [-0.15, -0.1) is 0 Å². The van der Waals surface area contributed by atoms with E-state index in [9.17, 15) is 0 Å². The van der Waals surface area contributed by atoms with Gasteiger partial charge in [0.1, 0.15) is 0 Å². The fourth-order valence-corrected chi connectivity index (χ4v) is 2.67. The fourth-order valence-electron chi connectivity index (χ4n) is 2.67. The molecule has 1 aromatic carbocycles. The number of rotatable bonds is 6. The van der Waals surface area contributed by atoms with Gasteiger partial charge in [0.2, 0.25) is 0 Å². The number of hydrogen-bond donors (Lipinski definition) is 1. The van der Waals surface area contributed by atoms with Crippen LogP contribution in [0.5, 0.6) is 0 Å². The van der Waals surface area contributed by atoms with E-state index in [0.717, 1.165) is 25.1 Å². The van der Waals surface area contributed by atoms with Crippen molar-refractivity contribution in [1.82, 2.24) is 15.1 Å². The summed E-state index contributed by atoms with van der Waals surface area (Å²) in [5, 5.41) is 7.96. The molecule has 0 saturated carbocycles. The minimum absolute atomic E-state index is 0.418. The molecule has 3 nitrogen and oxygen atoms in total. The topological polar surface area (TPSA) is 29.9 Å². The summed E-state index contributed by atoms with van der Waals surface area (Å²) in [5.74, 6) is 0. The van der Waals surface area contributed by atoms with E-state index in [1.165, 1.54) is 16.7 Å². The summed E-state index contributed by atoms with van der Waals surface area (Å²) in [7, 11) is 2.02. The van der Waals surface area contributed by atoms with E-state index >= 15 is 0 Å². The van der Waals surface area contributed by atoms with Crippen LogP contribution < -0.4 is 5.32 Å². The molecule has 0 fully saturated rings. The predicted octanol–water partition coefficient (Wildman–Crippen LogP) is 3.94. The highest BCUT2D eigenvalue weighted by atomic mass is 15.3. The van der Waals surface area contributed by atoms with E-state index in [2.05, 4.69) is 61.6 Å². The van der Waals surface area contributed by atoms with Crippen LogP contribution in [-0.2, 0) is 6.54 Å². The Labute approximate surface area is 122 Å². The first-order valence-electron chi connectivity index (χ1n) is 7.51. The Morgan fingerprint density at radius 1 is 1.30 bits per heavy atom. The molecule has 0 amide bonds. The molecule has 20 heavy (non-hydrogen) atoms. The maximum Gasteiger partial charge on any atom is 0.0672 e. The summed E-state index contributed by atoms with van der Waals surface area (Å²) < 4.78 is 2.05. The molecule has 1 unspecified atom stereocenters. The maximum absolute atomic E-state index is 4.59. The van der Waals surface area contributed by atoms with Crippen LogP contribution in [0.4, 0.5) is 0 Å². The van der Waals surface area contributed by atoms with Crippen LogP contribution >= 0.6 is 0 Å². The standard InChI is InChI=1S/C17H25N3/c1-5-10-20-12-16(13(3)19-20)14-8-7-9-15(11-14)17(6-2)18-4/h7-9,11-12,17-18H,5-6,10H2,1-4H3. The SMILES string of the molecule is CCCn1cc(-c2cccc(C(CC)NC)c2)c(C)n1. The smallest absolute Gasteiger partial charge is 0.0672 e. The second-order valence-electron chi connectivity index (χ2n) is 5.27. The van der Waals surface area contributed by atoms with Crippen LogP contribution in [-0.4, -0.2) is 16.8 Å². The Balaban J connectivity index is 2.35. The molecule has 2 aromatic rings. The Hall–Kier alpha value is -1.61. The molecule has 0 bridgehead atoms. The quantitative estimate of drug-likeness (QED) is 0.862. The van der Waals surface area contributed by atoms with Crippen molar-refractivity contribution in [3.8, 4) is 11.1 Å². The van der Waals surface area contributed by atoms with Crippen molar-refractivity contribution >= 4 is 0 Å². The maximum atomic E-state index is 4.59. The van der Waals surface area contributed by atoms with Gasteiger partial charge in [0, 0.05) is 24.3 Å². The molecule has 1 heterocycles. The molecule has 0 aliphatic rings. The highest BCUT2D eigenvalue weighted by Gasteiger charge is 2.11. The van der Waals surface area contributed by atoms with Crippen LogP contribution in [0.15, 0.2) is 30.5 Å². The zero-order chi connectivity index (χ0) is 14.5. The lowest BCUT2D eigenvalue weighted by Crippen LogP contribution is -2.15. The number of benzene rings is 1. The van der Waals surface area contributed by atoms with E-state index in [4.69, 9.17) is 0 Å². The van der Waals surface area contributed by atoms with Crippen LogP contribution in [0.25, 0.3) is 11.1 Å². The summed E-state index contributed by atoms with van der Waals surface area (Å²) >= 11 is 0. The number of nitrogens with zero attached hydrogens (tertiary/aromatic N) is 2. The van der Waals surface area contributed by atoms with Gasteiger partial charge < -0.3 is 5.32 Å². The highest BCUT2D eigenvalue weighted by molar-refractivity contribution is 5.66. The van der Waals surface area contributed by atoms with Crippen LogP contribution in [0.2, 0.25) is 0 Å². The number of aryl methyl sites for hydroxylation is 2. The van der Waals surface area contributed by atoms with Gasteiger partial charge in [-0.3, -0.25) is 4.68 Å². The lowest BCUT2D eigenvalue weighted by molar-refractivity contribution is 0.577. The third kappa shape index (κ3) is 3.10. The van der Waals surface area contributed by atoms with E-state index in [0.29, 0.717) is 6.04 Å². The Bertz CT molecular complexity index is 553. The molecule has 0 saturated heterocycles. The molecule has 1 atom stereocenters. The minimum Gasteiger partial charge on any atom is -0.313 e. The molecule has 3 heteroatoms. The van der Waals surface area contributed by atoms with Crippen LogP contribution in [0.3, 0.4) is 0 Å². The van der Waals surface area contributed by atoms with Gasteiger partial charge in [-0.05, 0) is 44.0 Å². The molecule has 0 radical (unpaired) electrons. The largest absolute Gasteiger partial charge is 0.313 e. The van der Waals surface area contributed by atoms with Crippen molar-refractivity contribution in [2.24, 2.45) is 0 Å². The summed E-state index contributed by atoms with van der Waals surface area (Å²) in [6, 6.07) is 9.21. The van der Waals surface area contributed by atoms with Gasteiger partial charge >= 0.3 is 0 Å². The van der Waals surface area contributed by atoms with Crippen molar-refractivity contribution in [2.75, 3.05) is 7.05 Å². The minimum atomic E-state index is 0.418. The Morgan fingerprint density at radius 3 is 2.75 bits per heavy atom. The fraction of sp³-hybridized carbons (Fsp3) is 0.471. The van der Waals surface area contributed by atoms with Crippen LogP contribution in [0, 0.1) is 6.92 Å². The van der Waals surface area contributed by atoms with Crippen molar-refractivity contribution in [1.29, 1.82) is 0 Å². The molecule has 0 spiro atoms. The van der Waals surface area contributed by atoms with E-state index in [-0.39, 0.29) is 0 Å². The second-order valence-corrected chi connectivity index (χ2v) is 5.27. The Kier molecular flexibility index (Phi) is 4.96. The summed E-state index contributed by atoms with van der Waals surface area (Å²) in [6.07, 6.45) is 4.37. The highest BCUT2D eigenvalue weighted by Crippen LogP contribution is 2.26. The summed E-state index contributed by atoms with van der Waals surface area (Å²) in [4.78, 5) is 0. The van der Waals surface area contributed by atoms with E-state index in [1.54, 1.807) is 0 Å². The van der Waals surface area contributed by atoms with Crippen molar-refractivity contribution in [3.05, 3.63) is 41.7 Å². The molecule has 0 aliphatic heterocycles. The van der Waals surface area contributed by atoms with Gasteiger partial charge in [0.05, 0.1) is 5.69 Å². The van der Waals surface area contributed by atoms with E-state index in [1.807, 2.05) is 11.7 Å². The third-order valence-corrected chi connectivity index (χ3v) is 3.76. The van der Waals surface area contributed by atoms with Crippen molar-refractivity contribution in [2.45, 2.75) is 46.2 Å². The van der Waals surface area contributed by atoms with Gasteiger partial charge in [-0.2, -0.15) is 5.10 Å². The molecule has 0 aliphatic carbocycles. The van der Waals surface area contributed by atoms with E-state index < -0.39 is 0 Å². The summed E-state index contributed by atoms with van der Waals surface area (Å²) in [5.41, 5.74) is 4.95. The summed E-state index contributed by atoms with van der Waals surface area (Å²) in [6.45, 7) is 7.45. The number of aromatic nitrogens is 2. The lowest BCUT2D eigenvalue weighted by atomic mass is 9.99. The van der Waals surface area contributed by atoms with Gasteiger partial charge in [0.25, 0.3) is 0 Å². The average Bonchev–Trinajstić information content (AvgIpc) is 2.82. The molecule has 108 valence electrons. The van der Waals surface area contributed by atoms with Gasteiger partial charge in [-0.1, -0.05) is 32.0 Å². The predicted molar refractivity (Wildman–Crippen MR) is 84.8 cm³/mol. The van der Waals surface area contributed by atoms with Crippen LogP contribution in [0.1, 0.15) is 44.0 Å². The normalized spacial score (nSPS) is 12.6. The molecular weight excluding hydrogens is 246 g/mol. The Morgan fingerprint density at radius 2 is 2.10 bits per heavy atom. The molecular formula is C17H25N3. The second kappa shape index (κ2) is 6.71. The molecule has 2 rings (SSSR count). The van der Waals surface area contributed by atoms with Crippen molar-refractivity contribution < 1.29 is 0 Å².